The van der Waals surface area contributed by atoms with E-state index in [0.29, 0.717) is 12.1 Å². The summed E-state index contributed by atoms with van der Waals surface area (Å²) in [5.74, 6) is -0.105. The van der Waals surface area contributed by atoms with Gasteiger partial charge in [0.2, 0.25) is 0 Å². The highest BCUT2D eigenvalue weighted by molar-refractivity contribution is 9.10. The van der Waals surface area contributed by atoms with E-state index >= 15 is 0 Å². The lowest BCUT2D eigenvalue weighted by molar-refractivity contribution is 0.0768. The number of amides is 1. The van der Waals surface area contributed by atoms with Gasteiger partial charge in [-0.3, -0.25) is 9.78 Å². The van der Waals surface area contributed by atoms with E-state index in [9.17, 15) is 4.79 Å². The molecule has 1 aromatic carbocycles. The molecule has 19 heavy (non-hydrogen) atoms. The molecule has 0 fully saturated rings. The van der Waals surface area contributed by atoms with Gasteiger partial charge in [-0.2, -0.15) is 0 Å². The van der Waals surface area contributed by atoms with Crippen LogP contribution >= 0.6 is 15.9 Å². The second-order valence-corrected chi connectivity index (χ2v) is 5.34. The highest BCUT2D eigenvalue weighted by atomic mass is 79.9. The quantitative estimate of drug-likeness (QED) is 0.943. The molecule has 0 aliphatic heterocycles. The Balaban J connectivity index is 2.56. The van der Waals surface area contributed by atoms with Gasteiger partial charge in [-0.15, -0.1) is 0 Å². The summed E-state index contributed by atoms with van der Waals surface area (Å²) in [6, 6.07) is 7.45. The smallest absolute Gasteiger partial charge is 0.254 e. The van der Waals surface area contributed by atoms with E-state index in [1.54, 1.807) is 13.1 Å². The lowest BCUT2D eigenvalue weighted by Crippen LogP contribution is -2.29. The molecule has 5 heteroatoms. The molecule has 0 aliphatic rings. The number of pyridine rings is 1. The Kier molecular flexibility index (Phi) is 4.17. The minimum atomic E-state index is -0.105. The van der Waals surface area contributed by atoms with Crippen molar-refractivity contribution in [1.82, 2.24) is 9.88 Å². The Morgan fingerprint density at radius 2 is 2.16 bits per heavy atom. The highest BCUT2D eigenvalue weighted by Gasteiger charge is 2.15. The molecule has 0 unspecified atom stereocenters. The summed E-state index contributed by atoms with van der Waals surface area (Å²) in [5, 5.41) is 9.75. The van der Waals surface area contributed by atoms with Crippen molar-refractivity contribution in [3.63, 3.8) is 0 Å². The number of rotatable bonds is 3. The van der Waals surface area contributed by atoms with Crippen LogP contribution in [0.2, 0.25) is 0 Å². The number of aliphatic hydroxyl groups excluding tert-OH is 1. The van der Waals surface area contributed by atoms with Crippen LogP contribution in [-0.2, 0) is 0 Å². The predicted molar refractivity (Wildman–Crippen MR) is 78.2 cm³/mol. The topological polar surface area (TPSA) is 53.4 Å². The second-order valence-electron chi connectivity index (χ2n) is 4.42. The standard InChI is InChI=1S/C14H15BrN2O2/c1-9-7-12(14(19)17(2)5-6-18)11-4-3-10(15)8-13(11)16-9/h3-4,7-8,18H,5-6H2,1-2H3. The number of benzene rings is 1. The van der Waals surface area contributed by atoms with Crippen LogP contribution in [0, 0.1) is 6.92 Å². The molecule has 2 aromatic rings. The molecule has 100 valence electrons. The minimum absolute atomic E-state index is 0.0458. The summed E-state index contributed by atoms with van der Waals surface area (Å²) in [4.78, 5) is 18.3. The number of aliphatic hydroxyl groups is 1. The summed E-state index contributed by atoms with van der Waals surface area (Å²) in [5.41, 5.74) is 2.20. The Bertz CT molecular complexity index is 623. The summed E-state index contributed by atoms with van der Waals surface area (Å²) >= 11 is 3.40. The molecular weight excluding hydrogens is 308 g/mol. The van der Waals surface area contributed by atoms with Crippen molar-refractivity contribution in [3.8, 4) is 0 Å². The summed E-state index contributed by atoms with van der Waals surface area (Å²) in [6.45, 7) is 2.14. The summed E-state index contributed by atoms with van der Waals surface area (Å²) in [7, 11) is 1.68. The molecule has 0 radical (unpaired) electrons. The lowest BCUT2D eigenvalue weighted by atomic mass is 10.1. The minimum Gasteiger partial charge on any atom is -0.395 e. The number of halogens is 1. The van der Waals surface area contributed by atoms with Crippen molar-refractivity contribution in [2.24, 2.45) is 0 Å². The largest absolute Gasteiger partial charge is 0.395 e. The van der Waals surface area contributed by atoms with E-state index in [1.807, 2.05) is 25.1 Å². The number of carbonyl (C=O) groups is 1. The number of likely N-dealkylation sites (N-methyl/N-ethyl adjacent to an activating group) is 1. The maximum Gasteiger partial charge on any atom is 0.254 e. The fraction of sp³-hybridized carbons (Fsp3) is 0.286. The number of hydrogen-bond acceptors (Lipinski definition) is 3. The molecule has 0 aliphatic carbocycles. The van der Waals surface area contributed by atoms with E-state index in [2.05, 4.69) is 20.9 Å². The number of carbonyl (C=O) groups excluding carboxylic acids is 1. The predicted octanol–water partition coefficient (Wildman–Crippen LogP) is 2.37. The molecule has 0 saturated carbocycles. The number of hydrogen-bond donors (Lipinski definition) is 1. The fourth-order valence-electron chi connectivity index (χ4n) is 1.97. The van der Waals surface area contributed by atoms with Crippen LogP contribution < -0.4 is 0 Å². The average molecular weight is 323 g/mol. The van der Waals surface area contributed by atoms with Gasteiger partial charge >= 0.3 is 0 Å². The Morgan fingerprint density at radius 3 is 2.84 bits per heavy atom. The maximum atomic E-state index is 12.4. The number of aromatic nitrogens is 1. The molecule has 1 N–H and O–H groups in total. The molecule has 1 aromatic heterocycles. The van der Waals surface area contributed by atoms with Crippen molar-refractivity contribution < 1.29 is 9.90 Å². The average Bonchev–Trinajstić information content (AvgIpc) is 2.36. The van der Waals surface area contributed by atoms with Crippen molar-refractivity contribution in [3.05, 3.63) is 40.0 Å². The van der Waals surface area contributed by atoms with Gasteiger partial charge in [-0.1, -0.05) is 22.0 Å². The Morgan fingerprint density at radius 1 is 1.42 bits per heavy atom. The first-order chi connectivity index (χ1) is 9.02. The van der Waals surface area contributed by atoms with E-state index < -0.39 is 0 Å². The van der Waals surface area contributed by atoms with Crippen LogP contribution in [-0.4, -0.2) is 41.1 Å². The number of nitrogens with zero attached hydrogens (tertiary/aromatic N) is 2. The molecule has 1 heterocycles. The van der Waals surface area contributed by atoms with Gasteiger partial charge in [0.05, 0.1) is 17.7 Å². The third-order valence-electron chi connectivity index (χ3n) is 2.91. The van der Waals surface area contributed by atoms with Gasteiger partial charge in [-0.25, -0.2) is 0 Å². The molecule has 1 amide bonds. The lowest BCUT2D eigenvalue weighted by Gasteiger charge is -2.17. The van der Waals surface area contributed by atoms with Gasteiger partial charge in [0.15, 0.2) is 0 Å². The molecule has 0 bridgehead atoms. The van der Waals surface area contributed by atoms with Crippen molar-refractivity contribution in [1.29, 1.82) is 0 Å². The monoisotopic (exact) mass is 322 g/mol. The maximum absolute atomic E-state index is 12.4. The SMILES string of the molecule is Cc1cc(C(=O)N(C)CCO)c2ccc(Br)cc2n1. The van der Waals surface area contributed by atoms with Gasteiger partial charge in [0, 0.05) is 29.1 Å². The van der Waals surface area contributed by atoms with Crippen LogP contribution in [0.3, 0.4) is 0 Å². The molecule has 0 saturated heterocycles. The molecule has 0 spiro atoms. The summed E-state index contributed by atoms with van der Waals surface area (Å²) < 4.78 is 0.931. The highest BCUT2D eigenvalue weighted by Crippen LogP contribution is 2.23. The zero-order valence-corrected chi connectivity index (χ0v) is 12.4. The first kappa shape index (κ1) is 14.0. The zero-order valence-electron chi connectivity index (χ0n) is 10.9. The van der Waals surface area contributed by atoms with Gasteiger partial charge in [0.1, 0.15) is 0 Å². The Hall–Kier alpha value is -1.46. The van der Waals surface area contributed by atoms with Crippen LogP contribution in [0.1, 0.15) is 16.1 Å². The van der Waals surface area contributed by atoms with E-state index in [0.717, 1.165) is 21.1 Å². The van der Waals surface area contributed by atoms with E-state index in [-0.39, 0.29) is 12.5 Å². The van der Waals surface area contributed by atoms with Crippen LogP contribution in [0.5, 0.6) is 0 Å². The molecule has 2 rings (SSSR count). The van der Waals surface area contributed by atoms with E-state index in [1.165, 1.54) is 4.90 Å². The van der Waals surface area contributed by atoms with Gasteiger partial charge in [0.25, 0.3) is 5.91 Å². The van der Waals surface area contributed by atoms with Crippen LogP contribution in [0.15, 0.2) is 28.7 Å². The Labute approximate surface area is 120 Å². The molecule has 0 atom stereocenters. The fourth-order valence-corrected chi connectivity index (χ4v) is 2.32. The summed E-state index contributed by atoms with van der Waals surface area (Å²) in [6.07, 6.45) is 0. The normalized spacial score (nSPS) is 10.7. The van der Waals surface area contributed by atoms with Crippen molar-refractivity contribution in [2.45, 2.75) is 6.92 Å². The zero-order chi connectivity index (χ0) is 14.0. The number of fused-ring (bicyclic) bond motifs is 1. The van der Waals surface area contributed by atoms with Gasteiger partial charge in [-0.05, 0) is 25.1 Å². The van der Waals surface area contributed by atoms with Crippen molar-refractivity contribution in [2.75, 3.05) is 20.2 Å². The third-order valence-corrected chi connectivity index (χ3v) is 3.41. The molecular formula is C14H15BrN2O2. The first-order valence-corrected chi connectivity index (χ1v) is 6.75. The van der Waals surface area contributed by atoms with Gasteiger partial charge < -0.3 is 10.0 Å². The van der Waals surface area contributed by atoms with Crippen LogP contribution in [0.25, 0.3) is 10.9 Å². The van der Waals surface area contributed by atoms with Crippen LogP contribution in [0.4, 0.5) is 0 Å². The van der Waals surface area contributed by atoms with Crippen molar-refractivity contribution >= 4 is 32.7 Å². The number of aryl methyl sites for hydroxylation is 1. The third kappa shape index (κ3) is 2.93. The van der Waals surface area contributed by atoms with E-state index in [4.69, 9.17) is 5.11 Å². The molecule has 4 nitrogen and oxygen atoms in total. The second kappa shape index (κ2) is 5.67. The first-order valence-electron chi connectivity index (χ1n) is 5.96.